The van der Waals surface area contributed by atoms with Gasteiger partial charge in [-0.2, -0.15) is 0 Å². The third kappa shape index (κ3) is 1.78. The first kappa shape index (κ1) is 8.66. The molecule has 0 saturated heterocycles. The molecule has 0 aromatic heterocycles. The molecule has 1 aromatic carbocycles. The molecule has 0 aliphatic rings. The van der Waals surface area contributed by atoms with Crippen LogP contribution in [0.15, 0.2) is 17.0 Å². The van der Waals surface area contributed by atoms with Crippen LogP contribution in [-0.4, -0.2) is 0 Å². The van der Waals surface area contributed by atoms with Crippen LogP contribution in [0.3, 0.4) is 0 Å². The first-order chi connectivity index (χ1) is 5.15. The van der Waals surface area contributed by atoms with Gasteiger partial charge in [0.1, 0.15) is 0 Å². The molecular formula is C10H14S. The maximum atomic E-state index is 4.39. The molecule has 0 amide bonds. The van der Waals surface area contributed by atoms with Gasteiger partial charge in [-0.3, -0.25) is 0 Å². The second-order valence-electron chi connectivity index (χ2n) is 2.92. The van der Waals surface area contributed by atoms with Crippen molar-refractivity contribution < 1.29 is 0 Å². The Bertz CT molecular complexity index is 264. The summed E-state index contributed by atoms with van der Waals surface area (Å²) in [5, 5.41) is 0. The van der Waals surface area contributed by atoms with Crippen LogP contribution in [-0.2, 0) is 6.42 Å². The third-order valence-corrected chi connectivity index (χ3v) is 2.48. The monoisotopic (exact) mass is 166 g/mol. The smallest absolute Gasteiger partial charge is 0.00746 e. The van der Waals surface area contributed by atoms with Crippen molar-refractivity contribution in [1.29, 1.82) is 0 Å². The summed E-state index contributed by atoms with van der Waals surface area (Å²) in [6, 6.07) is 4.34. The Labute approximate surface area is 74.0 Å². The van der Waals surface area contributed by atoms with E-state index in [1.54, 1.807) is 0 Å². The van der Waals surface area contributed by atoms with E-state index < -0.39 is 0 Å². The van der Waals surface area contributed by atoms with Crippen molar-refractivity contribution in [3.8, 4) is 0 Å². The molecule has 1 rings (SSSR count). The summed E-state index contributed by atoms with van der Waals surface area (Å²) < 4.78 is 0. The minimum atomic E-state index is 1.10. The molecule has 0 unspecified atom stereocenters. The largest absolute Gasteiger partial charge is 0.143 e. The lowest BCUT2D eigenvalue weighted by atomic mass is 10.0. The van der Waals surface area contributed by atoms with Gasteiger partial charge in [-0.05, 0) is 43.0 Å². The molecule has 0 bridgehead atoms. The van der Waals surface area contributed by atoms with Crippen molar-refractivity contribution in [1.82, 2.24) is 0 Å². The standard InChI is InChI=1S/C10H14S/c1-4-9-5-7(2)6-10(11)8(9)3/h5-6,11H,4H2,1-3H3. The van der Waals surface area contributed by atoms with Gasteiger partial charge in [-0.25, -0.2) is 0 Å². The Hall–Kier alpha value is -0.430. The maximum Gasteiger partial charge on any atom is 0.00746 e. The summed E-state index contributed by atoms with van der Waals surface area (Å²) in [5.41, 5.74) is 4.04. The first-order valence-electron chi connectivity index (χ1n) is 3.94. The quantitative estimate of drug-likeness (QED) is 0.609. The highest BCUT2D eigenvalue weighted by Crippen LogP contribution is 2.19. The lowest BCUT2D eigenvalue weighted by molar-refractivity contribution is 1.07. The highest BCUT2D eigenvalue weighted by Gasteiger charge is 1.99. The summed E-state index contributed by atoms with van der Waals surface area (Å²) in [4.78, 5) is 1.11. The fraction of sp³-hybridized carbons (Fsp3) is 0.400. The van der Waals surface area contributed by atoms with Gasteiger partial charge in [0.2, 0.25) is 0 Å². The Morgan fingerprint density at radius 3 is 2.45 bits per heavy atom. The molecule has 0 fully saturated rings. The fourth-order valence-electron chi connectivity index (χ4n) is 1.28. The third-order valence-electron chi connectivity index (χ3n) is 2.01. The Balaban J connectivity index is 3.24. The van der Waals surface area contributed by atoms with E-state index in [1.165, 1.54) is 16.7 Å². The predicted octanol–water partition coefficient (Wildman–Crippen LogP) is 3.15. The zero-order valence-electron chi connectivity index (χ0n) is 7.31. The van der Waals surface area contributed by atoms with Gasteiger partial charge < -0.3 is 0 Å². The second-order valence-corrected chi connectivity index (χ2v) is 3.40. The average molecular weight is 166 g/mol. The van der Waals surface area contributed by atoms with Crippen LogP contribution in [0.1, 0.15) is 23.6 Å². The summed E-state index contributed by atoms with van der Waals surface area (Å²) in [5.74, 6) is 0. The van der Waals surface area contributed by atoms with E-state index in [0.29, 0.717) is 0 Å². The average Bonchev–Trinajstić information content (AvgIpc) is 1.96. The predicted molar refractivity (Wildman–Crippen MR) is 52.5 cm³/mol. The minimum absolute atomic E-state index is 1.10. The van der Waals surface area contributed by atoms with Gasteiger partial charge in [-0.15, -0.1) is 12.6 Å². The van der Waals surface area contributed by atoms with Crippen molar-refractivity contribution >= 4 is 12.6 Å². The van der Waals surface area contributed by atoms with E-state index in [0.717, 1.165) is 11.3 Å². The summed E-state index contributed by atoms with van der Waals surface area (Å²) in [6.45, 7) is 6.41. The van der Waals surface area contributed by atoms with Crippen LogP contribution in [0.2, 0.25) is 0 Å². The maximum absolute atomic E-state index is 4.39. The van der Waals surface area contributed by atoms with Gasteiger partial charge in [0.15, 0.2) is 0 Å². The van der Waals surface area contributed by atoms with Gasteiger partial charge in [-0.1, -0.05) is 13.0 Å². The van der Waals surface area contributed by atoms with Gasteiger partial charge >= 0.3 is 0 Å². The van der Waals surface area contributed by atoms with Crippen molar-refractivity contribution in [3.63, 3.8) is 0 Å². The highest BCUT2D eigenvalue weighted by molar-refractivity contribution is 7.80. The van der Waals surface area contributed by atoms with E-state index in [9.17, 15) is 0 Å². The summed E-state index contributed by atoms with van der Waals surface area (Å²) in [6.07, 6.45) is 1.10. The zero-order valence-corrected chi connectivity index (χ0v) is 8.20. The Morgan fingerprint density at radius 1 is 1.27 bits per heavy atom. The normalized spacial score (nSPS) is 10.2. The molecule has 1 aromatic rings. The molecule has 0 aliphatic carbocycles. The number of rotatable bonds is 1. The Kier molecular flexibility index (Phi) is 2.61. The van der Waals surface area contributed by atoms with Crippen LogP contribution in [0.4, 0.5) is 0 Å². The summed E-state index contributed by atoms with van der Waals surface area (Å²) in [7, 11) is 0. The molecule has 0 nitrogen and oxygen atoms in total. The van der Waals surface area contributed by atoms with Crippen LogP contribution < -0.4 is 0 Å². The van der Waals surface area contributed by atoms with Crippen molar-refractivity contribution in [3.05, 3.63) is 28.8 Å². The van der Waals surface area contributed by atoms with E-state index in [-0.39, 0.29) is 0 Å². The molecule has 0 heterocycles. The SMILES string of the molecule is CCc1cc(C)cc(S)c1C. The van der Waals surface area contributed by atoms with Gasteiger partial charge in [0.25, 0.3) is 0 Å². The molecule has 0 aliphatic heterocycles. The van der Waals surface area contributed by atoms with E-state index in [2.05, 4.69) is 45.5 Å². The van der Waals surface area contributed by atoms with E-state index in [1.807, 2.05) is 0 Å². The van der Waals surface area contributed by atoms with Crippen LogP contribution >= 0.6 is 12.6 Å². The lowest BCUT2D eigenvalue weighted by Gasteiger charge is -2.06. The molecule has 60 valence electrons. The van der Waals surface area contributed by atoms with Crippen molar-refractivity contribution in [2.45, 2.75) is 32.1 Å². The number of benzene rings is 1. The number of thiol groups is 1. The van der Waals surface area contributed by atoms with E-state index in [4.69, 9.17) is 0 Å². The molecule has 0 N–H and O–H groups in total. The molecule has 11 heavy (non-hydrogen) atoms. The number of aryl methyl sites for hydroxylation is 2. The minimum Gasteiger partial charge on any atom is -0.143 e. The molecule has 0 saturated carbocycles. The zero-order chi connectivity index (χ0) is 8.43. The van der Waals surface area contributed by atoms with Crippen LogP contribution in [0, 0.1) is 13.8 Å². The molecule has 1 heteroatoms. The first-order valence-corrected chi connectivity index (χ1v) is 4.39. The van der Waals surface area contributed by atoms with Gasteiger partial charge in [0, 0.05) is 4.90 Å². The molecular weight excluding hydrogens is 152 g/mol. The topological polar surface area (TPSA) is 0 Å². The van der Waals surface area contributed by atoms with E-state index >= 15 is 0 Å². The second kappa shape index (κ2) is 3.31. The molecule has 0 spiro atoms. The molecule has 0 radical (unpaired) electrons. The molecule has 0 atom stereocenters. The van der Waals surface area contributed by atoms with Crippen molar-refractivity contribution in [2.75, 3.05) is 0 Å². The summed E-state index contributed by atoms with van der Waals surface area (Å²) >= 11 is 4.39. The number of hydrogen-bond acceptors (Lipinski definition) is 1. The van der Waals surface area contributed by atoms with Crippen LogP contribution in [0.5, 0.6) is 0 Å². The number of hydrogen-bond donors (Lipinski definition) is 1. The van der Waals surface area contributed by atoms with Crippen LogP contribution in [0.25, 0.3) is 0 Å². The van der Waals surface area contributed by atoms with Gasteiger partial charge in [0.05, 0.1) is 0 Å². The highest BCUT2D eigenvalue weighted by atomic mass is 32.1. The fourth-order valence-corrected chi connectivity index (χ4v) is 1.63. The lowest BCUT2D eigenvalue weighted by Crippen LogP contribution is -1.89. The Morgan fingerprint density at radius 2 is 1.91 bits per heavy atom. The van der Waals surface area contributed by atoms with Crippen molar-refractivity contribution in [2.24, 2.45) is 0 Å².